The van der Waals surface area contributed by atoms with E-state index >= 15 is 0 Å². The second-order valence-corrected chi connectivity index (χ2v) is 6.09. The van der Waals surface area contributed by atoms with E-state index in [0.29, 0.717) is 17.0 Å². The number of amides is 1. The smallest absolute Gasteiger partial charge is 0.425 e. The van der Waals surface area contributed by atoms with Crippen molar-refractivity contribution < 1.29 is 27.1 Å². The molecule has 1 amide bonds. The Morgan fingerprint density at radius 2 is 1.77 bits per heavy atom. The maximum Gasteiger partial charge on any atom is 0.425 e. The Morgan fingerprint density at radius 3 is 2.42 bits per heavy atom. The van der Waals surface area contributed by atoms with Crippen LogP contribution in [0, 0.1) is 5.82 Å². The van der Waals surface area contributed by atoms with E-state index in [2.05, 4.69) is 10.3 Å². The third-order valence-corrected chi connectivity index (χ3v) is 4.13. The van der Waals surface area contributed by atoms with Crippen LogP contribution in [0.25, 0.3) is 0 Å². The van der Waals surface area contributed by atoms with Gasteiger partial charge in [-0.3, -0.25) is 4.79 Å². The summed E-state index contributed by atoms with van der Waals surface area (Å²) in [4.78, 5) is 15.3. The minimum Gasteiger partial charge on any atom is -0.428 e. The highest BCUT2D eigenvalue weighted by Crippen LogP contribution is 2.38. The molecule has 0 saturated heterocycles. The van der Waals surface area contributed by atoms with Gasteiger partial charge in [-0.05, 0) is 42.5 Å². The molecule has 0 saturated carbocycles. The number of halogens is 4. The fraction of sp³-hybridized carbons (Fsp3) is 0.0588. The molecule has 9 heteroatoms. The molecule has 1 aromatic carbocycles. The summed E-state index contributed by atoms with van der Waals surface area (Å²) in [7, 11) is 0. The van der Waals surface area contributed by atoms with E-state index in [1.54, 1.807) is 0 Å². The molecular formula is C17H10F4N2O2S. The number of hydrogen-bond acceptors (Lipinski definition) is 4. The summed E-state index contributed by atoms with van der Waals surface area (Å²) in [6.45, 7) is 0. The molecule has 2 heterocycles. The molecule has 2 aromatic heterocycles. The molecule has 26 heavy (non-hydrogen) atoms. The van der Waals surface area contributed by atoms with Crippen LogP contribution in [0.3, 0.4) is 0 Å². The molecule has 0 radical (unpaired) electrons. The van der Waals surface area contributed by atoms with Crippen molar-refractivity contribution in [3.8, 4) is 10.9 Å². The third kappa shape index (κ3) is 4.37. The van der Waals surface area contributed by atoms with Crippen molar-refractivity contribution in [3.63, 3.8) is 0 Å². The Hall–Kier alpha value is -2.94. The fourth-order valence-electron chi connectivity index (χ4n) is 1.96. The van der Waals surface area contributed by atoms with Gasteiger partial charge in [0, 0.05) is 11.8 Å². The highest BCUT2D eigenvalue weighted by molar-refractivity contribution is 7.13. The number of benzene rings is 1. The molecule has 0 atom stereocenters. The van der Waals surface area contributed by atoms with Gasteiger partial charge < -0.3 is 10.1 Å². The molecule has 0 spiro atoms. The van der Waals surface area contributed by atoms with Crippen molar-refractivity contribution in [2.45, 2.75) is 6.18 Å². The third-order valence-electron chi connectivity index (χ3n) is 3.12. The van der Waals surface area contributed by atoms with E-state index in [4.69, 9.17) is 4.74 Å². The first kappa shape index (κ1) is 17.9. The molecule has 3 aromatic rings. The summed E-state index contributed by atoms with van der Waals surface area (Å²) < 4.78 is 56.0. The van der Waals surface area contributed by atoms with Gasteiger partial charge >= 0.3 is 6.18 Å². The molecular weight excluding hydrogens is 372 g/mol. The predicted molar refractivity (Wildman–Crippen MR) is 88.0 cm³/mol. The lowest BCUT2D eigenvalue weighted by molar-refractivity contribution is -0.134. The molecule has 0 aliphatic rings. The minimum absolute atomic E-state index is 0.000532. The van der Waals surface area contributed by atoms with Gasteiger partial charge in [0.1, 0.15) is 16.4 Å². The van der Waals surface area contributed by atoms with Crippen molar-refractivity contribution in [2.24, 2.45) is 0 Å². The number of hydrogen-bond donors (Lipinski definition) is 1. The average molecular weight is 382 g/mol. The lowest BCUT2D eigenvalue weighted by Crippen LogP contribution is -2.13. The van der Waals surface area contributed by atoms with Gasteiger partial charge in [0.25, 0.3) is 5.91 Å². The maximum atomic E-state index is 12.9. The van der Waals surface area contributed by atoms with Crippen LogP contribution in [0.15, 0.2) is 54.6 Å². The van der Waals surface area contributed by atoms with Gasteiger partial charge in [0.2, 0.25) is 5.88 Å². The normalized spacial score (nSPS) is 11.2. The summed E-state index contributed by atoms with van der Waals surface area (Å²) in [6.07, 6.45) is -4.45. The fourth-order valence-corrected chi connectivity index (χ4v) is 2.69. The lowest BCUT2D eigenvalue weighted by atomic mass is 10.3. The Kier molecular flexibility index (Phi) is 4.90. The summed E-state index contributed by atoms with van der Waals surface area (Å²) in [5.74, 6) is -1.03. The zero-order chi connectivity index (χ0) is 18.7. The molecule has 0 fully saturated rings. The van der Waals surface area contributed by atoms with E-state index in [1.165, 1.54) is 48.5 Å². The van der Waals surface area contributed by atoms with Gasteiger partial charge in [-0.25, -0.2) is 9.37 Å². The molecule has 4 nitrogen and oxygen atoms in total. The van der Waals surface area contributed by atoms with E-state index < -0.39 is 22.8 Å². The topological polar surface area (TPSA) is 51.2 Å². The summed E-state index contributed by atoms with van der Waals surface area (Å²) in [5, 5.41) is 2.53. The first-order valence-corrected chi connectivity index (χ1v) is 8.02. The minimum atomic E-state index is -4.45. The predicted octanol–water partition coefficient (Wildman–Crippen LogP) is 5.35. The highest BCUT2D eigenvalue weighted by atomic mass is 32.1. The van der Waals surface area contributed by atoms with Crippen LogP contribution in [-0.4, -0.2) is 10.9 Å². The first-order chi connectivity index (χ1) is 12.3. The van der Waals surface area contributed by atoms with Crippen molar-refractivity contribution in [1.29, 1.82) is 0 Å². The van der Waals surface area contributed by atoms with Gasteiger partial charge in [-0.2, -0.15) is 13.2 Å². The molecule has 1 N–H and O–H groups in total. The van der Waals surface area contributed by atoms with Crippen LogP contribution in [0.4, 0.5) is 23.2 Å². The van der Waals surface area contributed by atoms with Crippen LogP contribution < -0.4 is 10.1 Å². The number of aromatic nitrogens is 1. The Balaban J connectivity index is 1.72. The Morgan fingerprint density at radius 1 is 1.04 bits per heavy atom. The largest absolute Gasteiger partial charge is 0.428 e. The molecule has 0 aliphatic carbocycles. The lowest BCUT2D eigenvalue weighted by Gasteiger charge is -2.06. The van der Waals surface area contributed by atoms with Crippen LogP contribution >= 0.6 is 11.3 Å². The summed E-state index contributed by atoms with van der Waals surface area (Å²) >= 11 is 0.430. The Bertz CT molecular complexity index is 923. The van der Waals surface area contributed by atoms with Gasteiger partial charge in [0.15, 0.2) is 5.06 Å². The zero-order valence-electron chi connectivity index (χ0n) is 12.9. The van der Waals surface area contributed by atoms with Crippen LogP contribution in [-0.2, 0) is 6.18 Å². The summed E-state index contributed by atoms with van der Waals surface area (Å²) in [6, 6.07) is 11.6. The second-order valence-electron chi connectivity index (χ2n) is 5.04. The Labute approximate surface area is 149 Å². The molecule has 0 aliphatic heterocycles. The second kappa shape index (κ2) is 7.12. The maximum absolute atomic E-state index is 12.9. The SMILES string of the molecule is O=C(Nc1ccc(F)cc1)c1cccc(Oc2ccc(C(F)(F)F)s2)n1. The van der Waals surface area contributed by atoms with E-state index in [1.807, 2.05) is 0 Å². The summed E-state index contributed by atoms with van der Waals surface area (Å²) in [5.41, 5.74) is 0.372. The highest BCUT2D eigenvalue weighted by Gasteiger charge is 2.32. The number of ether oxygens (including phenoxy) is 1. The molecule has 3 rings (SSSR count). The quantitative estimate of drug-likeness (QED) is 0.619. The molecule has 0 unspecified atom stereocenters. The van der Waals surface area contributed by atoms with Crippen LogP contribution in [0.1, 0.15) is 15.4 Å². The standard InChI is InChI=1S/C17H10F4N2O2S/c18-10-4-6-11(7-5-10)22-16(24)12-2-1-3-14(23-12)25-15-9-8-13(26-15)17(19,20)21/h1-9H,(H,22,24). The number of alkyl halides is 3. The number of nitrogens with zero attached hydrogens (tertiary/aromatic N) is 1. The van der Waals surface area contributed by atoms with Gasteiger partial charge in [0.05, 0.1) is 0 Å². The van der Waals surface area contributed by atoms with Crippen molar-refractivity contribution >= 4 is 22.9 Å². The zero-order valence-corrected chi connectivity index (χ0v) is 13.7. The number of carbonyl (C=O) groups excluding carboxylic acids is 1. The van der Waals surface area contributed by atoms with Crippen molar-refractivity contribution in [1.82, 2.24) is 4.98 Å². The number of thiophene rings is 1. The molecule has 134 valence electrons. The number of nitrogens with one attached hydrogen (secondary N) is 1. The van der Waals surface area contributed by atoms with Gasteiger partial charge in [-0.1, -0.05) is 17.4 Å². The van der Waals surface area contributed by atoms with E-state index in [-0.39, 0.29) is 16.6 Å². The van der Waals surface area contributed by atoms with E-state index in [9.17, 15) is 22.4 Å². The van der Waals surface area contributed by atoms with Crippen LogP contribution in [0.2, 0.25) is 0 Å². The number of pyridine rings is 1. The first-order valence-electron chi connectivity index (χ1n) is 7.20. The number of anilines is 1. The van der Waals surface area contributed by atoms with Crippen molar-refractivity contribution in [2.75, 3.05) is 5.32 Å². The average Bonchev–Trinajstić information content (AvgIpc) is 3.06. The number of carbonyl (C=O) groups is 1. The van der Waals surface area contributed by atoms with Crippen LogP contribution in [0.5, 0.6) is 10.9 Å². The number of rotatable bonds is 4. The van der Waals surface area contributed by atoms with E-state index in [0.717, 1.165) is 6.07 Å². The molecule has 0 bridgehead atoms. The van der Waals surface area contributed by atoms with Gasteiger partial charge in [-0.15, -0.1) is 0 Å². The monoisotopic (exact) mass is 382 g/mol. The van der Waals surface area contributed by atoms with Crippen molar-refractivity contribution in [3.05, 3.63) is 71.0 Å².